The van der Waals surface area contributed by atoms with E-state index < -0.39 is 27.3 Å². The maximum absolute atomic E-state index is 12.6. The summed E-state index contributed by atoms with van der Waals surface area (Å²) in [4.78, 5) is 10.3. The maximum atomic E-state index is 12.6. The zero-order chi connectivity index (χ0) is 16.3. The van der Waals surface area contributed by atoms with Gasteiger partial charge in [-0.2, -0.15) is 0 Å². The molecule has 22 heavy (non-hydrogen) atoms. The molecule has 0 atom stereocenters. The topological polar surface area (TPSA) is 112 Å². The summed E-state index contributed by atoms with van der Waals surface area (Å²) < 4.78 is 25.2. The zero-order valence-corrected chi connectivity index (χ0v) is 12.0. The summed E-state index contributed by atoms with van der Waals surface area (Å²) in [6, 6.07) is 9.37. The molecule has 114 valence electrons. The van der Waals surface area contributed by atoms with Gasteiger partial charge in [0, 0.05) is 12.1 Å². The summed E-state index contributed by atoms with van der Waals surface area (Å²) in [7, 11) is -3.97. The predicted octanol–water partition coefficient (Wildman–Crippen LogP) is 2.03. The molecule has 0 aromatic heterocycles. The van der Waals surface area contributed by atoms with Gasteiger partial charge in [0.15, 0.2) is 11.5 Å². The molecule has 7 heteroatoms. The van der Waals surface area contributed by atoms with Gasteiger partial charge in [-0.1, -0.05) is 18.2 Å². The van der Waals surface area contributed by atoms with E-state index in [4.69, 9.17) is 5.11 Å². The highest BCUT2D eigenvalue weighted by atomic mass is 32.2. The fourth-order valence-corrected chi connectivity index (χ4v) is 3.30. The van der Waals surface area contributed by atoms with Crippen molar-refractivity contribution in [1.29, 1.82) is 0 Å². The van der Waals surface area contributed by atoms with Crippen molar-refractivity contribution in [2.45, 2.75) is 9.79 Å². The molecular formula is C15H12O6S. The van der Waals surface area contributed by atoms with Crippen LogP contribution in [0.3, 0.4) is 0 Å². The molecule has 0 aliphatic heterocycles. The van der Waals surface area contributed by atoms with Crippen LogP contribution in [0.4, 0.5) is 0 Å². The molecule has 2 aromatic carbocycles. The van der Waals surface area contributed by atoms with Crippen molar-refractivity contribution in [1.82, 2.24) is 0 Å². The summed E-state index contributed by atoms with van der Waals surface area (Å²) in [6.45, 7) is 0. The Kier molecular flexibility index (Phi) is 4.18. The van der Waals surface area contributed by atoms with E-state index in [1.165, 1.54) is 12.1 Å². The molecule has 0 bridgehead atoms. The first kappa shape index (κ1) is 15.6. The molecule has 0 fully saturated rings. The van der Waals surface area contributed by atoms with Crippen LogP contribution in [-0.4, -0.2) is 29.7 Å². The molecule has 0 aliphatic carbocycles. The maximum Gasteiger partial charge on any atom is 0.328 e. The molecule has 0 heterocycles. The van der Waals surface area contributed by atoms with Crippen molar-refractivity contribution < 1.29 is 28.5 Å². The van der Waals surface area contributed by atoms with Crippen LogP contribution in [0.2, 0.25) is 0 Å². The number of sulfone groups is 1. The highest BCUT2D eigenvalue weighted by Crippen LogP contribution is 2.34. The lowest BCUT2D eigenvalue weighted by Gasteiger charge is -2.10. The van der Waals surface area contributed by atoms with E-state index >= 15 is 0 Å². The van der Waals surface area contributed by atoms with E-state index in [2.05, 4.69) is 0 Å². The van der Waals surface area contributed by atoms with Gasteiger partial charge >= 0.3 is 5.97 Å². The Bertz CT molecular complexity index is 838. The molecule has 0 radical (unpaired) electrons. The Hall–Kier alpha value is -2.80. The number of carboxylic acids is 1. The normalized spacial score (nSPS) is 11.6. The number of phenolic OH excluding ortho intramolecular Hbond substituents is 2. The van der Waals surface area contributed by atoms with Gasteiger partial charge in [-0.25, -0.2) is 13.2 Å². The largest absolute Gasteiger partial charge is 0.504 e. The Morgan fingerprint density at radius 3 is 2.18 bits per heavy atom. The van der Waals surface area contributed by atoms with Crippen molar-refractivity contribution in [3.05, 3.63) is 54.1 Å². The van der Waals surface area contributed by atoms with Gasteiger partial charge in [-0.15, -0.1) is 0 Å². The van der Waals surface area contributed by atoms with E-state index in [0.717, 1.165) is 24.3 Å². The van der Waals surface area contributed by atoms with E-state index in [1.807, 2.05) is 0 Å². The number of aliphatic carboxylic acids is 1. The minimum atomic E-state index is -3.97. The van der Waals surface area contributed by atoms with E-state index in [9.17, 15) is 23.4 Å². The quantitative estimate of drug-likeness (QED) is 0.587. The number of rotatable bonds is 4. The van der Waals surface area contributed by atoms with E-state index in [0.29, 0.717) is 0 Å². The summed E-state index contributed by atoms with van der Waals surface area (Å²) in [5.41, 5.74) is -0.0402. The van der Waals surface area contributed by atoms with Crippen LogP contribution in [0.1, 0.15) is 5.56 Å². The van der Waals surface area contributed by atoms with E-state index in [-0.39, 0.29) is 15.4 Å². The third kappa shape index (κ3) is 3.09. The fourth-order valence-electron chi connectivity index (χ4n) is 1.82. The first-order chi connectivity index (χ1) is 10.3. The first-order valence-corrected chi connectivity index (χ1v) is 7.58. The summed E-state index contributed by atoms with van der Waals surface area (Å²) >= 11 is 0. The molecule has 2 rings (SSSR count). The number of phenols is 2. The molecule has 0 aliphatic rings. The minimum Gasteiger partial charge on any atom is -0.504 e. The zero-order valence-electron chi connectivity index (χ0n) is 11.2. The van der Waals surface area contributed by atoms with Gasteiger partial charge in [0.1, 0.15) is 0 Å². The van der Waals surface area contributed by atoms with Gasteiger partial charge in [-0.05, 0) is 29.8 Å². The van der Waals surface area contributed by atoms with Crippen molar-refractivity contribution in [2.75, 3.05) is 0 Å². The number of hydrogen-bond acceptors (Lipinski definition) is 5. The van der Waals surface area contributed by atoms with E-state index in [1.54, 1.807) is 18.2 Å². The van der Waals surface area contributed by atoms with Crippen molar-refractivity contribution in [2.24, 2.45) is 0 Å². The fraction of sp³-hybridized carbons (Fsp3) is 0. The lowest BCUT2D eigenvalue weighted by Crippen LogP contribution is -2.04. The van der Waals surface area contributed by atoms with Gasteiger partial charge in [-0.3, -0.25) is 0 Å². The summed E-state index contributed by atoms with van der Waals surface area (Å²) in [5, 5.41) is 27.7. The average molecular weight is 320 g/mol. The van der Waals surface area contributed by atoms with Crippen LogP contribution < -0.4 is 0 Å². The highest BCUT2D eigenvalue weighted by molar-refractivity contribution is 7.91. The first-order valence-electron chi connectivity index (χ1n) is 6.09. The smallest absolute Gasteiger partial charge is 0.328 e. The number of aromatic hydroxyl groups is 2. The lowest BCUT2D eigenvalue weighted by molar-refractivity contribution is -0.131. The van der Waals surface area contributed by atoms with Crippen LogP contribution in [0.25, 0.3) is 6.08 Å². The van der Waals surface area contributed by atoms with Crippen LogP contribution in [0, 0.1) is 0 Å². The van der Waals surface area contributed by atoms with Gasteiger partial charge in [0.05, 0.1) is 9.79 Å². The molecule has 0 unspecified atom stereocenters. The number of carbonyl (C=O) groups is 1. The van der Waals surface area contributed by atoms with Gasteiger partial charge < -0.3 is 15.3 Å². The second-order valence-electron chi connectivity index (χ2n) is 4.37. The van der Waals surface area contributed by atoms with Crippen molar-refractivity contribution in [3.63, 3.8) is 0 Å². The Morgan fingerprint density at radius 1 is 1.00 bits per heavy atom. The molecule has 0 spiro atoms. The molecule has 2 aromatic rings. The second-order valence-corrected chi connectivity index (χ2v) is 6.28. The van der Waals surface area contributed by atoms with Crippen LogP contribution in [0.15, 0.2) is 58.3 Å². The molecule has 0 saturated carbocycles. The SMILES string of the molecule is O=C(O)/C=C/c1cc(O)c(O)cc1S(=O)(=O)c1ccccc1. The number of hydrogen-bond donors (Lipinski definition) is 3. The molecule has 6 nitrogen and oxygen atoms in total. The molecular weight excluding hydrogens is 308 g/mol. The third-order valence-corrected chi connectivity index (χ3v) is 4.68. The average Bonchev–Trinajstić information content (AvgIpc) is 2.48. The monoisotopic (exact) mass is 320 g/mol. The van der Waals surface area contributed by atoms with Crippen molar-refractivity contribution >= 4 is 21.9 Å². The van der Waals surface area contributed by atoms with Gasteiger partial charge in [0.25, 0.3) is 0 Å². The molecule has 3 N–H and O–H groups in total. The molecule has 0 amide bonds. The molecule has 0 saturated heterocycles. The Balaban J connectivity index is 2.68. The summed E-state index contributed by atoms with van der Waals surface area (Å²) in [6.07, 6.45) is 1.78. The number of carboxylic acid groups (broad SMARTS) is 1. The van der Waals surface area contributed by atoms with Gasteiger partial charge in [0.2, 0.25) is 9.84 Å². The lowest BCUT2D eigenvalue weighted by atomic mass is 10.2. The standard InChI is InChI=1S/C15H12O6S/c16-12-8-10(6-7-15(18)19)14(9-13(12)17)22(20,21)11-4-2-1-3-5-11/h1-9,16-17H,(H,18,19)/b7-6+. The second kappa shape index (κ2) is 5.90. The third-order valence-electron chi connectivity index (χ3n) is 2.86. The Morgan fingerprint density at radius 2 is 1.59 bits per heavy atom. The highest BCUT2D eigenvalue weighted by Gasteiger charge is 2.22. The minimum absolute atomic E-state index is 0.00920. The summed E-state index contributed by atoms with van der Waals surface area (Å²) in [5.74, 6) is -2.42. The number of benzene rings is 2. The van der Waals surface area contributed by atoms with Crippen LogP contribution in [0.5, 0.6) is 11.5 Å². The van der Waals surface area contributed by atoms with Crippen LogP contribution in [-0.2, 0) is 14.6 Å². The van der Waals surface area contributed by atoms with Crippen molar-refractivity contribution in [3.8, 4) is 11.5 Å². The van der Waals surface area contributed by atoms with Crippen LogP contribution >= 0.6 is 0 Å². The predicted molar refractivity (Wildman–Crippen MR) is 78.3 cm³/mol. The Labute approximate surface area is 126 Å².